The molecule has 0 saturated carbocycles. The molecule has 0 unspecified atom stereocenters. The van der Waals surface area contributed by atoms with Gasteiger partial charge in [0.2, 0.25) is 10.0 Å². The van der Waals surface area contributed by atoms with Crippen molar-refractivity contribution in [2.75, 3.05) is 5.75 Å². The molecule has 0 bridgehead atoms. The highest BCUT2D eigenvalue weighted by Crippen LogP contribution is 2.17. The molecule has 0 saturated heterocycles. The molecular formula is C10H14ClNO2S. The van der Waals surface area contributed by atoms with E-state index in [1.807, 2.05) is 6.07 Å². The lowest BCUT2D eigenvalue weighted by Crippen LogP contribution is -2.28. The predicted molar refractivity (Wildman–Crippen MR) is 62.5 cm³/mol. The summed E-state index contributed by atoms with van der Waals surface area (Å²) < 4.78 is 25.2. The molecule has 0 heterocycles. The number of rotatable bonds is 4. The van der Waals surface area contributed by atoms with E-state index in [4.69, 9.17) is 11.6 Å². The summed E-state index contributed by atoms with van der Waals surface area (Å²) in [5.74, 6) is 0.0813. The topological polar surface area (TPSA) is 46.2 Å². The van der Waals surface area contributed by atoms with Crippen LogP contribution in [0.3, 0.4) is 0 Å². The van der Waals surface area contributed by atoms with Gasteiger partial charge in [0, 0.05) is 11.1 Å². The third kappa shape index (κ3) is 3.81. The van der Waals surface area contributed by atoms with E-state index in [0.717, 1.165) is 5.56 Å². The van der Waals surface area contributed by atoms with Gasteiger partial charge in [-0.05, 0) is 31.5 Å². The average Bonchev–Trinajstić information content (AvgIpc) is 2.17. The molecule has 15 heavy (non-hydrogen) atoms. The smallest absolute Gasteiger partial charge is 0.211 e. The summed E-state index contributed by atoms with van der Waals surface area (Å²) in [5, 5.41) is 0.607. The molecule has 84 valence electrons. The molecule has 0 aromatic heterocycles. The SMILES string of the molecule is CCS(=O)(=O)N[C@@H](C)c1cccc(Cl)c1. The van der Waals surface area contributed by atoms with Crippen LogP contribution in [0.4, 0.5) is 0 Å². The van der Waals surface area contributed by atoms with E-state index in [1.54, 1.807) is 32.0 Å². The van der Waals surface area contributed by atoms with Crippen LogP contribution in [0.25, 0.3) is 0 Å². The molecule has 1 N–H and O–H groups in total. The fourth-order valence-electron chi connectivity index (χ4n) is 1.20. The molecule has 0 spiro atoms. The number of benzene rings is 1. The molecule has 5 heteroatoms. The van der Waals surface area contributed by atoms with Gasteiger partial charge in [0.05, 0.1) is 5.75 Å². The largest absolute Gasteiger partial charge is 0.212 e. The molecule has 0 radical (unpaired) electrons. The first kappa shape index (κ1) is 12.5. The standard InChI is InChI=1S/C10H14ClNO2S/c1-3-15(13,14)12-8(2)9-5-4-6-10(11)7-9/h4-8,12H,3H2,1-2H3/t8-/m0/s1. The van der Waals surface area contributed by atoms with E-state index in [0.29, 0.717) is 5.02 Å². The van der Waals surface area contributed by atoms with E-state index >= 15 is 0 Å². The zero-order valence-corrected chi connectivity index (χ0v) is 10.3. The maximum Gasteiger partial charge on any atom is 0.211 e. The summed E-state index contributed by atoms with van der Waals surface area (Å²) in [5.41, 5.74) is 0.861. The first-order chi connectivity index (χ1) is 6.94. The third-order valence-corrected chi connectivity index (χ3v) is 3.79. The van der Waals surface area contributed by atoms with Gasteiger partial charge in [-0.3, -0.25) is 0 Å². The van der Waals surface area contributed by atoms with Crippen molar-refractivity contribution < 1.29 is 8.42 Å². The highest BCUT2D eigenvalue weighted by Gasteiger charge is 2.13. The maximum atomic E-state index is 11.3. The molecule has 1 aromatic carbocycles. The molecule has 0 aliphatic rings. The van der Waals surface area contributed by atoms with Crippen LogP contribution in [0.2, 0.25) is 5.02 Å². The monoisotopic (exact) mass is 247 g/mol. The molecule has 3 nitrogen and oxygen atoms in total. The normalized spacial score (nSPS) is 13.8. The van der Waals surface area contributed by atoms with Gasteiger partial charge >= 0.3 is 0 Å². The molecule has 0 fully saturated rings. The minimum absolute atomic E-state index is 0.0813. The lowest BCUT2D eigenvalue weighted by molar-refractivity contribution is 0.568. The van der Waals surface area contributed by atoms with Crippen molar-refractivity contribution in [2.45, 2.75) is 19.9 Å². The van der Waals surface area contributed by atoms with Gasteiger partial charge in [-0.15, -0.1) is 0 Å². The number of nitrogens with one attached hydrogen (secondary N) is 1. The van der Waals surface area contributed by atoms with Gasteiger partial charge in [0.25, 0.3) is 0 Å². The minimum atomic E-state index is -3.17. The Labute approximate surface area is 95.5 Å². The fourth-order valence-corrected chi connectivity index (χ4v) is 2.24. The zero-order chi connectivity index (χ0) is 11.5. The van der Waals surface area contributed by atoms with Crippen LogP contribution in [-0.4, -0.2) is 14.2 Å². The van der Waals surface area contributed by atoms with Crippen LogP contribution >= 0.6 is 11.6 Å². The van der Waals surface area contributed by atoms with Crippen molar-refractivity contribution in [1.82, 2.24) is 4.72 Å². The predicted octanol–water partition coefficient (Wildman–Crippen LogP) is 2.34. The first-order valence-corrected chi connectivity index (χ1v) is 6.73. The fraction of sp³-hybridized carbons (Fsp3) is 0.400. The Morgan fingerprint density at radius 3 is 2.67 bits per heavy atom. The molecule has 1 atom stereocenters. The Kier molecular flexibility index (Phi) is 4.13. The van der Waals surface area contributed by atoms with E-state index in [1.165, 1.54) is 0 Å². The van der Waals surface area contributed by atoms with E-state index in [2.05, 4.69) is 4.72 Å². The molecule has 1 rings (SSSR count). The second-order valence-electron chi connectivity index (χ2n) is 3.30. The first-order valence-electron chi connectivity index (χ1n) is 4.70. The van der Waals surface area contributed by atoms with Crippen LogP contribution in [0.5, 0.6) is 0 Å². The van der Waals surface area contributed by atoms with Crippen molar-refractivity contribution in [3.05, 3.63) is 34.9 Å². The van der Waals surface area contributed by atoms with E-state index < -0.39 is 10.0 Å². The maximum absolute atomic E-state index is 11.3. The van der Waals surface area contributed by atoms with Gasteiger partial charge < -0.3 is 0 Å². The van der Waals surface area contributed by atoms with Crippen LogP contribution in [-0.2, 0) is 10.0 Å². The average molecular weight is 248 g/mol. The Balaban J connectivity index is 2.82. The van der Waals surface area contributed by atoms with Gasteiger partial charge in [0.15, 0.2) is 0 Å². The van der Waals surface area contributed by atoms with Gasteiger partial charge in [-0.2, -0.15) is 0 Å². The summed E-state index contributed by atoms with van der Waals surface area (Å²) in [7, 11) is -3.17. The lowest BCUT2D eigenvalue weighted by Gasteiger charge is -2.13. The zero-order valence-electron chi connectivity index (χ0n) is 8.70. The highest BCUT2D eigenvalue weighted by molar-refractivity contribution is 7.89. The Morgan fingerprint density at radius 1 is 1.47 bits per heavy atom. The summed E-state index contributed by atoms with van der Waals surface area (Å²) in [6.45, 7) is 3.39. The van der Waals surface area contributed by atoms with Crippen LogP contribution in [0.15, 0.2) is 24.3 Å². The number of sulfonamides is 1. The summed E-state index contributed by atoms with van der Waals surface area (Å²) in [4.78, 5) is 0. The summed E-state index contributed by atoms with van der Waals surface area (Å²) >= 11 is 5.82. The molecule has 0 aliphatic heterocycles. The second-order valence-corrected chi connectivity index (χ2v) is 5.78. The van der Waals surface area contributed by atoms with Crippen molar-refractivity contribution in [3.63, 3.8) is 0 Å². The lowest BCUT2D eigenvalue weighted by atomic mass is 10.1. The Morgan fingerprint density at radius 2 is 2.13 bits per heavy atom. The van der Waals surface area contributed by atoms with Crippen molar-refractivity contribution in [2.24, 2.45) is 0 Å². The van der Waals surface area contributed by atoms with Crippen molar-refractivity contribution in [3.8, 4) is 0 Å². The quantitative estimate of drug-likeness (QED) is 0.888. The number of hydrogen-bond acceptors (Lipinski definition) is 2. The van der Waals surface area contributed by atoms with Crippen molar-refractivity contribution >= 4 is 21.6 Å². The Hall–Kier alpha value is -0.580. The number of hydrogen-bond donors (Lipinski definition) is 1. The van der Waals surface area contributed by atoms with E-state index in [9.17, 15) is 8.42 Å². The summed E-state index contributed by atoms with van der Waals surface area (Å²) in [6.07, 6.45) is 0. The Bertz CT molecular complexity index is 431. The minimum Gasteiger partial charge on any atom is -0.212 e. The molecule has 0 amide bonds. The molecular weight excluding hydrogens is 234 g/mol. The summed E-state index contributed by atoms with van der Waals surface area (Å²) in [6, 6.07) is 6.90. The van der Waals surface area contributed by atoms with Gasteiger partial charge in [-0.25, -0.2) is 13.1 Å². The van der Waals surface area contributed by atoms with Crippen LogP contribution < -0.4 is 4.72 Å². The van der Waals surface area contributed by atoms with E-state index in [-0.39, 0.29) is 11.8 Å². The third-order valence-electron chi connectivity index (χ3n) is 2.09. The van der Waals surface area contributed by atoms with Crippen molar-refractivity contribution in [1.29, 1.82) is 0 Å². The second kappa shape index (κ2) is 4.96. The van der Waals surface area contributed by atoms with Gasteiger partial charge in [0.1, 0.15) is 0 Å². The van der Waals surface area contributed by atoms with Crippen LogP contribution in [0, 0.1) is 0 Å². The molecule has 1 aromatic rings. The van der Waals surface area contributed by atoms with Crippen LogP contribution in [0.1, 0.15) is 25.5 Å². The number of halogens is 1. The highest BCUT2D eigenvalue weighted by atomic mass is 35.5. The molecule has 0 aliphatic carbocycles. The van der Waals surface area contributed by atoms with Gasteiger partial charge in [-0.1, -0.05) is 23.7 Å².